The molecular formula is C16H25N3O2. The molecule has 1 saturated heterocycles. The van der Waals surface area contributed by atoms with Crippen molar-refractivity contribution < 1.29 is 5.11 Å². The van der Waals surface area contributed by atoms with Crippen molar-refractivity contribution in [1.82, 2.24) is 14.5 Å². The summed E-state index contributed by atoms with van der Waals surface area (Å²) in [5.41, 5.74) is 0.0372. The SMILES string of the molecule is O=c1ccncn1CC1CCN(C2CCCCC2O)CC1. The topological polar surface area (TPSA) is 58.4 Å². The molecule has 21 heavy (non-hydrogen) atoms. The molecule has 1 saturated carbocycles. The highest BCUT2D eigenvalue weighted by Crippen LogP contribution is 2.27. The Labute approximate surface area is 125 Å². The van der Waals surface area contributed by atoms with Gasteiger partial charge in [0.25, 0.3) is 5.56 Å². The third kappa shape index (κ3) is 3.52. The van der Waals surface area contributed by atoms with Crippen LogP contribution in [0.5, 0.6) is 0 Å². The van der Waals surface area contributed by atoms with Gasteiger partial charge in [-0.15, -0.1) is 0 Å². The first-order valence-corrected chi connectivity index (χ1v) is 8.16. The molecule has 2 unspecified atom stereocenters. The lowest BCUT2D eigenvalue weighted by Gasteiger charge is -2.41. The van der Waals surface area contributed by atoms with E-state index in [1.165, 1.54) is 12.5 Å². The molecule has 5 nitrogen and oxygen atoms in total. The zero-order valence-corrected chi connectivity index (χ0v) is 12.5. The van der Waals surface area contributed by atoms with Gasteiger partial charge in [-0.1, -0.05) is 12.8 Å². The van der Waals surface area contributed by atoms with Crippen LogP contribution in [-0.2, 0) is 6.54 Å². The summed E-state index contributed by atoms with van der Waals surface area (Å²) in [6.45, 7) is 2.86. The summed E-state index contributed by atoms with van der Waals surface area (Å²) in [6, 6.07) is 1.88. The van der Waals surface area contributed by atoms with Crippen molar-refractivity contribution in [2.45, 2.75) is 57.2 Å². The normalized spacial score (nSPS) is 28.6. The average Bonchev–Trinajstić information content (AvgIpc) is 2.51. The van der Waals surface area contributed by atoms with Crippen molar-refractivity contribution in [3.8, 4) is 0 Å². The number of piperidine rings is 1. The Kier molecular flexibility index (Phi) is 4.70. The number of nitrogens with zero attached hydrogens (tertiary/aromatic N) is 3. The van der Waals surface area contributed by atoms with Crippen molar-refractivity contribution in [2.24, 2.45) is 5.92 Å². The fourth-order valence-corrected chi connectivity index (χ4v) is 3.78. The molecule has 2 aliphatic rings. The second-order valence-electron chi connectivity index (χ2n) is 6.47. The molecule has 3 rings (SSSR count). The summed E-state index contributed by atoms with van der Waals surface area (Å²) in [4.78, 5) is 18.2. The predicted molar refractivity (Wildman–Crippen MR) is 81.1 cm³/mol. The van der Waals surface area contributed by atoms with E-state index >= 15 is 0 Å². The quantitative estimate of drug-likeness (QED) is 0.911. The number of aliphatic hydroxyl groups excluding tert-OH is 1. The summed E-state index contributed by atoms with van der Waals surface area (Å²) in [5.74, 6) is 0.545. The van der Waals surface area contributed by atoms with Crippen molar-refractivity contribution in [2.75, 3.05) is 13.1 Å². The van der Waals surface area contributed by atoms with E-state index in [1.54, 1.807) is 17.1 Å². The highest BCUT2D eigenvalue weighted by Gasteiger charge is 2.31. The lowest BCUT2D eigenvalue weighted by Crippen LogP contribution is -2.49. The molecule has 2 fully saturated rings. The monoisotopic (exact) mass is 291 g/mol. The Bertz CT molecular complexity index is 508. The molecule has 0 bridgehead atoms. The summed E-state index contributed by atoms with van der Waals surface area (Å²) in [5, 5.41) is 10.2. The molecule has 0 radical (unpaired) electrons. The van der Waals surface area contributed by atoms with Crippen LogP contribution in [-0.4, -0.2) is 44.8 Å². The number of hydrogen-bond acceptors (Lipinski definition) is 4. The average molecular weight is 291 g/mol. The van der Waals surface area contributed by atoms with Gasteiger partial charge in [0.2, 0.25) is 0 Å². The first kappa shape index (κ1) is 14.7. The largest absolute Gasteiger partial charge is 0.391 e. The Morgan fingerprint density at radius 3 is 2.67 bits per heavy atom. The molecule has 0 spiro atoms. The Balaban J connectivity index is 1.53. The minimum Gasteiger partial charge on any atom is -0.391 e. The molecule has 1 N–H and O–H groups in total. The van der Waals surface area contributed by atoms with Crippen molar-refractivity contribution in [3.63, 3.8) is 0 Å². The summed E-state index contributed by atoms with van der Waals surface area (Å²) >= 11 is 0. The second-order valence-corrected chi connectivity index (χ2v) is 6.47. The van der Waals surface area contributed by atoms with E-state index in [2.05, 4.69) is 9.88 Å². The minimum absolute atomic E-state index is 0.0372. The van der Waals surface area contributed by atoms with Gasteiger partial charge in [-0.3, -0.25) is 14.3 Å². The van der Waals surface area contributed by atoms with Crippen LogP contribution in [0, 0.1) is 5.92 Å². The number of aliphatic hydroxyl groups is 1. The lowest BCUT2D eigenvalue weighted by molar-refractivity contribution is 0.00273. The Hall–Kier alpha value is -1.20. The van der Waals surface area contributed by atoms with Crippen molar-refractivity contribution in [3.05, 3.63) is 28.9 Å². The third-order valence-electron chi connectivity index (χ3n) is 5.06. The van der Waals surface area contributed by atoms with E-state index < -0.39 is 0 Å². The third-order valence-corrected chi connectivity index (χ3v) is 5.06. The maximum absolute atomic E-state index is 11.7. The predicted octanol–water partition coefficient (Wildman–Crippen LogP) is 1.26. The summed E-state index contributed by atoms with van der Waals surface area (Å²) in [6.07, 6.45) is 9.74. The molecule has 1 aliphatic heterocycles. The van der Waals surface area contributed by atoms with Gasteiger partial charge in [-0.2, -0.15) is 0 Å². The first-order chi connectivity index (χ1) is 10.2. The van der Waals surface area contributed by atoms with Gasteiger partial charge in [0, 0.05) is 24.8 Å². The van der Waals surface area contributed by atoms with E-state index in [0.29, 0.717) is 12.0 Å². The molecule has 116 valence electrons. The van der Waals surface area contributed by atoms with Gasteiger partial charge in [0.15, 0.2) is 0 Å². The van der Waals surface area contributed by atoms with E-state index in [-0.39, 0.29) is 11.7 Å². The van der Waals surface area contributed by atoms with Crippen LogP contribution in [0.3, 0.4) is 0 Å². The van der Waals surface area contributed by atoms with Crippen LogP contribution in [0.25, 0.3) is 0 Å². The Morgan fingerprint density at radius 2 is 1.95 bits per heavy atom. The molecule has 2 atom stereocenters. The summed E-state index contributed by atoms with van der Waals surface area (Å²) in [7, 11) is 0. The van der Waals surface area contributed by atoms with Crippen LogP contribution >= 0.6 is 0 Å². The van der Waals surface area contributed by atoms with E-state index in [0.717, 1.165) is 51.7 Å². The first-order valence-electron chi connectivity index (χ1n) is 8.16. The fourth-order valence-electron chi connectivity index (χ4n) is 3.78. The second kappa shape index (κ2) is 6.71. The highest BCUT2D eigenvalue weighted by atomic mass is 16.3. The maximum Gasteiger partial charge on any atom is 0.253 e. The molecule has 0 amide bonds. The van der Waals surface area contributed by atoms with Crippen molar-refractivity contribution >= 4 is 0 Å². The maximum atomic E-state index is 11.7. The summed E-state index contributed by atoms with van der Waals surface area (Å²) < 4.78 is 1.72. The molecule has 1 aliphatic carbocycles. The van der Waals surface area contributed by atoms with Gasteiger partial charge in [-0.25, -0.2) is 4.98 Å². The Morgan fingerprint density at radius 1 is 1.19 bits per heavy atom. The lowest BCUT2D eigenvalue weighted by atomic mass is 9.88. The van der Waals surface area contributed by atoms with Crippen LogP contribution in [0.2, 0.25) is 0 Å². The molecule has 5 heteroatoms. The smallest absolute Gasteiger partial charge is 0.253 e. The zero-order valence-electron chi connectivity index (χ0n) is 12.5. The van der Waals surface area contributed by atoms with E-state index in [9.17, 15) is 9.90 Å². The number of hydrogen-bond donors (Lipinski definition) is 1. The fraction of sp³-hybridized carbons (Fsp3) is 0.750. The van der Waals surface area contributed by atoms with E-state index in [4.69, 9.17) is 0 Å². The van der Waals surface area contributed by atoms with Gasteiger partial charge in [-0.05, 0) is 44.7 Å². The van der Waals surface area contributed by atoms with Gasteiger partial charge >= 0.3 is 0 Å². The molecule has 2 heterocycles. The number of rotatable bonds is 3. The number of likely N-dealkylation sites (tertiary alicyclic amines) is 1. The molecule has 1 aromatic heterocycles. The number of aromatic nitrogens is 2. The van der Waals surface area contributed by atoms with Crippen LogP contribution < -0.4 is 5.56 Å². The van der Waals surface area contributed by atoms with Crippen LogP contribution in [0.1, 0.15) is 38.5 Å². The minimum atomic E-state index is -0.142. The van der Waals surface area contributed by atoms with Gasteiger partial charge in [0.1, 0.15) is 0 Å². The van der Waals surface area contributed by atoms with Crippen LogP contribution in [0.15, 0.2) is 23.4 Å². The standard InChI is InChI=1S/C16H25N3O2/c20-15-4-2-1-3-14(15)18-9-6-13(7-10-18)11-19-12-17-8-5-16(19)21/h5,8,12-15,20H,1-4,6-7,9-11H2. The van der Waals surface area contributed by atoms with Crippen molar-refractivity contribution in [1.29, 1.82) is 0 Å². The molecular weight excluding hydrogens is 266 g/mol. The van der Waals surface area contributed by atoms with Gasteiger partial charge in [0.05, 0.1) is 12.4 Å². The zero-order chi connectivity index (χ0) is 14.7. The van der Waals surface area contributed by atoms with E-state index in [1.807, 2.05) is 0 Å². The van der Waals surface area contributed by atoms with Crippen LogP contribution in [0.4, 0.5) is 0 Å². The van der Waals surface area contributed by atoms with Gasteiger partial charge < -0.3 is 5.11 Å². The highest BCUT2D eigenvalue weighted by molar-refractivity contribution is 4.87. The molecule has 0 aromatic carbocycles. The molecule has 1 aromatic rings.